The summed E-state index contributed by atoms with van der Waals surface area (Å²) in [5, 5.41) is 17.2. The Bertz CT molecular complexity index is 473. The van der Waals surface area contributed by atoms with Gasteiger partial charge >= 0.3 is 11.9 Å². The normalized spacial score (nSPS) is 10.7. The molecule has 1 rings (SSSR count). The van der Waals surface area contributed by atoms with Gasteiger partial charge in [0.15, 0.2) is 0 Å². The van der Waals surface area contributed by atoms with Crippen LogP contribution in [-0.4, -0.2) is 22.2 Å². The highest BCUT2D eigenvalue weighted by Gasteiger charge is 2.13. The minimum absolute atomic E-state index is 0.146. The molecule has 1 aromatic heterocycles. The largest absolute Gasteiger partial charge is 0.481 e. The zero-order valence-electron chi connectivity index (χ0n) is 12.1. The average molecular weight is 282 g/mol. The highest BCUT2D eigenvalue weighted by atomic mass is 16.4. The summed E-state index contributed by atoms with van der Waals surface area (Å²) < 4.78 is 5.79. The number of hydrogen-bond acceptors (Lipinski definition) is 3. The van der Waals surface area contributed by atoms with Crippen LogP contribution in [0.5, 0.6) is 0 Å². The summed E-state index contributed by atoms with van der Waals surface area (Å²) in [6.45, 7) is 3.97. The van der Waals surface area contributed by atoms with Gasteiger partial charge in [0.1, 0.15) is 11.5 Å². The number of hydrogen-bond donors (Lipinski definition) is 2. The fraction of sp³-hybridized carbons (Fsp3) is 0.600. The molecular formula is C15H22O5. The van der Waals surface area contributed by atoms with Gasteiger partial charge in [-0.25, -0.2) is 0 Å². The zero-order chi connectivity index (χ0) is 15.1. The van der Waals surface area contributed by atoms with Crippen molar-refractivity contribution in [2.75, 3.05) is 0 Å². The van der Waals surface area contributed by atoms with E-state index in [0.29, 0.717) is 19.3 Å². The number of unbranched alkanes of at least 4 members (excludes halogenated alkanes) is 1. The van der Waals surface area contributed by atoms with Gasteiger partial charge in [-0.05, 0) is 44.2 Å². The molecule has 0 bridgehead atoms. The molecule has 0 aliphatic rings. The monoisotopic (exact) mass is 282 g/mol. The van der Waals surface area contributed by atoms with Crippen molar-refractivity contribution in [3.8, 4) is 0 Å². The van der Waals surface area contributed by atoms with Crippen molar-refractivity contribution in [3.63, 3.8) is 0 Å². The van der Waals surface area contributed by atoms with Gasteiger partial charge in [-0.15, -0.1) is 0 Å². The molecule has 0 aliphatic heterocycles. The lowest BCUT2D eigenvalue weighted by atomic mass is 10.1. The van der Waals surface area contributed by atoms with Crippen LogP contribution in [0.3, 0.4) is 0 Å². The minimum atomic E-state index is -0.792. The van der Waals surface area contributed by atoms with Crippen molar-refractivity contribution in [2.45, 2.75) is 58.8 Å². The first kappa shape index (κ1) is 16.3. The molecule has 2 N–H and O–H groups in total. The van der Waals surface area contributed by atoms with Crippen LogP contribution in [0, 0.1) is 13.8 Å². The highest BCUT2D eigenvalue weighted by molar-refractivity contribution is 5.66. The van der Waals surface area contributed by atoms with Crippen LogP contribution in [0.15, 0.2) is 4.42 Å². The molecule has 20 heavy (non-hydrogen) atoms. The van der Waals surface area contributed by atoms with Gasteiger partial charge in [0.2, 0.25) is 0 Å². The van der Waals surface area contributed by atoms with Crippen LogP contribution in [-0.2, 0) is 22.4 Å². The van der Waals surface area contributed by atoms with Crippen molar-refractivity contribution < 1.29 is 24.2 Å². The predicted molar refractivity (Wildman–Crippen MR) is 73.9 cm³/mol. The van der Waals surface area contributed by atoms with Crippen molar-refractivity contribution in [1.82, 2.24) is 0 Å². The van der Waals surface area contributed by atoms with Crippen LogP contribution in [0.2, 0.25) is 0 Å². The molecule has 0 aromatic carbocycles. The van der Waals surface area contributed by atoms with E-state index in [1.165, 1.54) is 0 Å². The van der Waals surface area contributed by atoms with Crippen LogP contribution in [0.25, 0.3) is 0 Å². The Balaban J connectivity index is 2.51. The van der Waals surface area contributed by atoms with E-state index >= 15 is 0 Å². The maximum atomic E-state index is 10.5. The summed E-state index contributed by atoms with van der Waals surface area (Å²) in [5.74, 6) is 0.196. The SMILES string of the molecule is Cc1c(CCCCC(=O)O)oc(CCCC(=O)O)c1C. The third-order valence-corrected chi connectivity index (χ3v) is 3.48. The second-order valence-corrected chi connectivity index (χ2v) is 5.05. The van der Waals surface area contributed by atoms with Gasteiger partial charge in [-0.2, -0.15) is 0 Å². The molecule has 0 saturated carbocycles. The van der Waals surface area contributed by atoms with Crippen LogP contribution < -0.4 is 0 Å². The summed E-state index contributed by atoms with van der Waals surface area (Å²) in [7, 11) is 0. The van der Waals surface area contributed by atoms with Gasteiger partial charge in [0.25, 0.3) is 0 Å². The van der Waals surface area contributed by atoms with E-state index in [4.69, 9.17) is 14.6 Å². The number of rotatable bonds is 9. The lowest BCUT2D eigenvalue weighted by molar-refractivity contribution is -0.138. The first-order chi connectivity index (χ1) is 9.41. The van der Waals surface area contributed by atoms with Gasteiger partial charge in [0.05, 0.1) is 0 Å². The van der Waals surface area contributed by atoms with Gasteiger partial charge in [-0.3, -0.25) is 9.59 Å². The van der Waals surface area contributed by atoms with E-state index in [1.54, 1.807) is 0 Å². The number of aliphatic carboxylic acids is 2. The molecular weight excluding hydrogens is 260 g/mol. The second kappa shape index (κ2) is 7.72. The summed E-state index contributed by atoms with van der Waals surface area (Å²) >= 11 is 0. The topological polar surface area (TPSA) is 87.7 Å². The molecule has 1 aromatic rings. The second-order valence-electron chi connectivity index (χ2n) is 5.05. The third-order valence-electron chi connectivity index (χ3n) is 3.48. The fourth-order valence-corrected chi connectivity index (χ4v) is 2.16. The molecule has 5 heteroatoms. The smallest absolute Gasteiger partial charge is 0.303 e. The van der Waals surface area contributed by atoms with E-state index in [2.05, 4.69) is 0 Å². The molecule has 0 spiro atoms. The molecule has 0 fully saturated rings. The lowest BCUT2D eigenvalue weighted by Gasteiger charge is -1.98. The summed E-state index contributed by atoms with van der Waals surface area (Å²) in [5.41, 5.74) is 2.19. The Morgan fingerprint density at radius 3 is 1.80 bits per heavy atom. The van der Waals surface area contributed by atoms with Crippen LogP contribution in [0.4, 0.5) is 0 Å². The molecule has 0 atom stereocenters. The van der Waals surface area contributed by atoms with Crippen LogP contribution in [0.1, 0.15) is 54.8 Å². The molecule has 0 radical (unpaired) electrons. The van der Waals surface area contributed by atoms with Crippen molar-refractivity contribution in [1.29, 1.82) is 0 Å². The van der Waals surface area contributed by atoms with E-state index in [1.807, 2.05) is 13.8 Å². The third kappa shape index (κ3) is 5.07. The van der Waals surface area contributed by atoms with Gasteiger partial charge in [0, 0.05) is 25.7 Å². The summed E-state index contributed by atoms with van der Waals surface area (Å²) in [6, 6.07) is 0. The number of carbonyl (C=O) groups is 2. The Labute approximate surface area is 118 Å². The number of furan rings is 1. The Hall–Kier alpha value is -1.78. The molecule has 0 amide bonds. The lowest BCUT2D eigenvalue weighted by Crippen LogP contribution is -1.96. The minimum Gasteiger partial charge on any atom is -0.481 e. The van der Waals surface area contributed by atoms with Gasteiger partial charge < -0.3 is 14.6 Å². The molecule has 1 heterocycles. The number of aryl methyl sites for hydroxylation is 2. The Morgan fingerprint density at radius 2 is 1.30 bits per heavy atom. The van der Waals surface area contributed by atoms with Gasteiger partial charge in [-0.1, -0.05) is 0 Å². The van der Waals surface area contributed by atoms with E-state index in [0.717, 1.165) is 35.5 Å². The zero-order valence-corrected chi connectivity index (χ0v) is 12.1. The molecule has 0 aliphatic carbocycles. The first-order valence-electron chi connectivity index (χ1n) is 6.93. The number of carboxylic acid groups (broad SMARTS) is 2. The van der Waals surface area contributed by atoms with Crippen LogP contribution >= 0.6 is 0 Å². The molecule has 0 saturated heterocycles. The molecule has 5 nitrogen and oxygen atoms in total. The maximum absolute atomic E-state index is 10.5. The standard InChI is InChI=1S/C15H22O5/c1-10-11(2)13(7-5-9-15(18)19)20-12(10)6-3-4-8-14(16)17/h3-9H2,1-2H3,(H,16,17)(H,18,19). The van der Waals surface area contributed by atoms with Crippen molar-refractivity contribution in [2.24, 2.45) is 0 Å². The Morgan fingerprint density at radius 1 is 0.850 bits per heavy atom. The Kier molecular flexibility index (Phi) is 6.28. The number of carboxylic acids is 2. The van der Waals surface area contributed by atoms with Crippen molar-refractivity contribution in [3.05, 3.63) is 22.6 Å². The van der Waals surface area contributed by atoms with E-state index in [-0.39, 0.29) is 12.8 Å². The first-order valence-corrected chi connectivity index (χ1v) is 6.93. The maximum Gasteiger partial charge on any atom is 0.303 e. The highest BCUT2D eigenvalue weighted by Crippen LogP contribution is 2.24. The molecule has 0 unspecified atom stereocenters. The summed E-state index contributed by atoms with van der Waals surface area (Å²) in [6.07, 6.45) is 3.70. The fourth-order valence-electron chi connectivity index (χ4n) is 2.16. The quantitative estimate of drug-likeness (QED) is 0.679. The van der Waals surface area contributed by atoms with E-state index in [9.17, 15) is 9.59 Å². The van der Waals surface area contributed by atoms with E-state index < -0.39 is 11.9 Å². The van der Waals surface area contributed by atoms with Crippen molar-refractivity contribution >= 4 is 11.9 Å². The molecule has 112 valence electrons. The summed E-state index contributed by atoms with van der Waals surface area (Å²) in [4.78, 5) is 20.9. The average Bonchev–Trinajstić information content (AvgIpc) is 2.62. The predicted octanol–water partition coefficient (Wildman–Crippen LogP) is 3.10.